The highest BCUT2D eigenvalue weighted by Gasteiger charge is 2.59. The minimum Gasteiger partial charge on any atom is -0.272 e. The molecule has 1 aromatic rings. The number of carbonyl (C=O) groups is 3. The van der Waals surface area contributed by atoms with Gasteiger partial charge in [-0.25, -0.2) is 0 Å². The summed E-state index contributed by atoms with van der Waals surface area (Å²) in [7, 11) is 0. The van der Waals surface area contributed by atoms with Crippen LogP contribution in [0.25, 0.3) is 0 Å². The standard InChI is InChI=1S/C17H16N2O3/c1-9-2-4-10(5-3-9)15(20)18-19-16(21)13-11-6-7-12(8-11)14(13)17(19)22/h2-7,11-14H,8H2,1H3,(H,18,20)/t11-,12-,13-,14-/m0/s1. The molecule has 112 valence electrons. The van der Waals surface area contributed by atoms with E-state index in [9.17, 15) is 14.4 Å². The second-order valence-electron chi connectivity index (χ2n) is 6.32. The maximum absolute atomic E-state index is 12.5. The van der Waals surface area contributed by atoms with E-state index in [-0.39, 0.29) is 35.5 Å². The number of nitrogens with one attached hydrogen (secondary N) is 1. The predicted octanol–water partition coefficient (Wildman–Crippen LogP) is 1.45. The van der Waals surface area contributed by atoms with Crippen molar-refractivity contribution >= 4 is 17.7 Å². The number of amides is 3. The van der Waals surface area contributed by atoms with Crippen molar-refractivity contribution in [3.05, 3.63) is 47.5 Å². The van der Waals surface area contributed by atoms with Gasteiger partial charge < -0.3 is 0 Å². The Morgan fingerprint density at radius 2 is 1.59 bits per heavy atom. The monoisotopic (exact) mass is 296 g/mol. The number of fused-ring (bicyclic) bond motifs is 5. The van der Waals surface area contributed by atoms with Gasteiger partial charge in [0.1, 0.15) is 0 Å². The van der Waals surface area contributed by atoms with Gasteiger partial charge in [0, 0.05) is 5.56 Å². The first-order valence-corrected chi connectivity index (χ1v) is 7.50. The minimum atomic E-state index is -0.429. The zero-order valence-corrected chi connectivity index (χ0v) is 12.2. The zero-order chi connectivity index (χ0) is 15.4. The highest BCUT2D eigenvalue weighted by atomic mass is 16.2. The van der Waals surface area contributed by atoms with Crippen LogP contribution in [0, 0.1) is 30.6 Å². The van der Waals surface area contributed by atoms with Crippen LogP contribution in [0.5, 0.6) is 0 Å². The highest BCUT2D eigenvalue weighted by molar-refractivity contribution is 6.08. The molecule has 0 aromatic heterocycles. The Balaban J connectivity index is 1.54. The fraction of sp³-hybridized carbons (Fsp3) is 0.353. The van der Waals surface area contributed by atoms with E-state index < -0.39 is 5.91 Å². The van der Waals surface area contributed by atoms with Gasteiger partial charge >= 0.3 is 0 Å². The van der Waals surface area contributed by atoms with Crippen LogP contribution in [-0.4, -0.2) is 22.7 Å². The molecule has 1 heterocycles. The van der Waals surface area contributed by atoms with Gasteiger partial charge in [-0.3, -0.25) is 19.8 Å². The number of rotatable bonds is 2. The Morgan fingerprint density at radius 1 is 1.05 bits per heavy atom. The summed E-state index contributed by atoms with van der Waals surface area (Å²) in [5.41, 5.74) is 3.96. The van der Waals surface area contributed by atoms with Crippen molar-refractivity contribution in [3.8, 4) is 0 Å². The van der Waals surface area contributed by atoms with E-state index in [0.29, 0.717) is 5.56 Å². The van der Waals surface area contributed by atoms with Crippen LogP contribution in [0.15, 0.2) is 36.4 Å². The van der Waals surface area contributed by atoms with E-state index in [1.54, 1.807) is 12.1 Å². The number of allylic oxidation sites excluding steroid dienone is 2. The topological polar surface area (TPSA) is 66.5 Å². The van der Waals surface area contributed by atoms with Crippen molar-refractivity contribution in [1.82, 2.24) is 10.4 Å². The third-order valence-electron chi connectivity index (χ3n) is 5.00. The Labute approximate surface area is 128 Å². The maximum Gasteiger partial charge on any atom is 0.270 e. The van der Waals surface area contributed by atoms with Crippen LogP contribution in [0.1, 0.15) is 22.3 Å². The van der Waals surface area contributed by atoms with Gasteiger partial charge in [0.2, 0.25) is 0 Å². The molecular weight excluding hydrogens is 280 g/mol. The van der Waals surface area contributed by atoms with Gasteiger partial charge in [0.05, 0.1) is 11.8 Å². The fourth-order valence-corrected chi connectivity index (χ4v) is 3.88. The third-order valence-corrected chi connectivity index (χ3v) is 5.00. The molecule has 3 aliphatic rings. The van der Waals surface area contributed by atoms with Crippen LogP contribution in [0.3, 0.4) is 0 Å². The summed E-state index contributed by atoms with van der Waals surface area (Å²) in [6.07, 6.45) is 4.94. The average molecular weight is 296 g/mol. The van der Waals surface area contributed by atoms with E-state index in [1.807, 2.05) is 31.2 Å². The fourth-order valence-electron chi connectivity index (χ4n) is 3.88. The minimum absolute atomic E-state index is 0.146. The first kappa shape index (κ1) is 13.2. The molecule has 4 rings (SSSR count). The molecule has 1 N–H and O–H groups in total. The van der Waals surface area contributed by atoms with Crippen LogP contribution >= 0.6 is 0 Å². The summed E-state index contributed by atoms with van der Waals surface area (Å²) < 4.78 is 0. The average Bonchev–Trinajstić information content (AvgIpc) is 3.17. The third kappa shape index (κ3) is 1.75. The number of carbonyl (C=O) groups excluding carboxylic acids is 3. The Kier molecular flexibility index (Phi) is 2.73. The predicted molar refractivity (Wildman–Crippen MR) is 78.2 cm³/mol. The first-order chi connectivity index (χ1) is 10.6. The van der Waals surface area contributed by atoms with Crippen molar-refractivity contribution in [3.63, 3.8) is 0 Å². The number of aryl methyl sites for hydroxylation is 1. The Bertz CT molecular complexity index is 677. The van der Waals surface area contributed by atoms with Gasteiger partial charge in [0.25, 0.3) is 17.7 Å². The van der Waals surface area contributed by atoms with Gasteiger partial charge in [-0.2, -0.15) is 5.01 Å². The number of imide groups is 1. The lowest BCUT2D eigenvalue weighted by Crippen LogP contribution is -2.47. The Hall–Kier alpha value is -2.43. The first-order valence-electron chi connectivity index (χ1n) is 7.50. The van der Waals surface area contributed by atoms with Gasteiger partial charge in [-0.05, 0) is 37.3 Å². The van der Waals surface area contributed by atoms with E-state index in [0.717, 1.165) is 17.0 Å². The van der Waals surface area contributed by atoms with Gasteiger partial charge in [-0.1, -0.05) is 29.8 Å². The summed E-state index contributed by atoms with van der Waals surface area (Å²) >= 11 is 0. The number of hydrazine groups is 1. The lowest BCUT2D eigenvalue weighted by atomic mass is 9.85. The molecule has 0 radical (unpaired) electrons. The van der Waals surface area contributed by atoms with Crippen molar-refractivity contribution in [2.75, 3.05) is 0 Å². The molecule has 0 spiro atoms. The second kappa shape index (κ2) is 4.53. The van der Waals surface area contributed by atoms with Gasteiger partial charge in [-0.15, -0.1) is 0 Å². The molecule has 1 saturated heterocycles. The number of nitrogens with zero attached hydrogens (tertiary/aromatic N) is 1. The van der Waals surface area contributed by atoms with E-state index in [1.165, 1.54) is 0 Å². The molecule has 5 heteroatoms. The van der Waals surface area contributed by atoms with E-state index in [2.05, 4.69) is 5.43 Å². The van der Waals surface area contributed by atoms with Crippen LogP contribution in [-0.2, 0) is 9.59 Å². The number of hydrogen-bond acceptors (Lipinski definition) is 3. The van der Waals surface area contributed by atoms with Gasteiger partial charge in [0.15, 0.2) is 0 Å². The number of hydrogen-bond donors (Lipinski definition) is 1. The Morgan fingerprint density at radius 3 is 2.14 bits per heavy atom. The summed E-state index contributed by atoms with van der Waals surface area (Å²) in [5, 5.41) is 0.934. The molecule has 1 aliphatic heterocycles. The lowest BCUT2D eigenvalue weighted by molar-refractivity contribution is -0.143. The molecular formula is C17H16N2O3. The molecule has 22 heavy (non-hydrogen) atoms. The molecule has 1 aromatic carbocycles. The summed E-state index contributed by atoms with van der Waals surface area (Å²) in [4.78, 5) is 37.2. The summed E-state index contributed by atoms with van der Waals surface area (Å²) in [5.74, 6) is -1.26. The quantitative estimate of drug-likeness (QED) is 0.663. The maximum atomic E-state index is 12.5. The second-order valence-corrected chi connectivity index (χ2v) is 6.32. The molecule has 2 bridgehead atoms. The van der Waals surface area contributed by atoms with Crippen molar-refractivity contribution < 1.29 is 14.4 Å². The van der Waals surface area contributed by atoms with Crippen LogP contribution in [0.2, 0.25) is 0 Å². The van der Waals surface area contributed by atoms with Crippen molar-refractivity contribution in [2.45, 2.75) is 13.3 Å². The van der Waals surface area contributed by atoms with Crippen molar-refractivity contribution in [2.24, 2.45) is 23.7 Å². The van der Waals surface area contributed by atoms with Crippen LogP contribution < -0.4 is 5.43 Å². The smallest absolute Gasteiger partial charge is 0.270 e. The SMILES string of the molecule is Cc1ccc(C(=O)NN2C(=O)[C@@H]3[C@@H](C2=O)[C@H]2C=C[C@H]3C2)cc1. The molecule has 2 aliphatic carbocycles. The number of benzene rings is 1. The lowest BCUT2D eigenvalue weighted by Gasteiger charge is -2.18. The molecule has 5 nitrogen and oxygen atoms in total. The van der Waals surface area contributed by atoms with Crippen molar-refractivity contribution in [1.29, 1.82) is 0 Å². The molecule has 4 atom stereocenters. The highest BCUT2D eigenvalue weighted by Crippen LogP contribution is 2.52. The van der Waals surface area contributed by atoms with E-state index in [4.69, 9.17) is 0 Å². The summed E-state index contributed by atoms with van der Waals surface area (Å²) in [6.45, 7) is 1.93. The molecule has 1 saturated carbocycles. The largest absolute Gasteiger partial charge is 0.272 e. The molecule has 0 unspecified atom stereocenters. The summed E-state index contributed by atoms with van der Waals surface area (Å²) in [6, 6.07) is 7.01. The molecule has 3 amide bonds. The van der Waals surface area contributed by atoms with Crippen LogP contribution in [0.4, 0.5) is 0 Å². The van der Waals surface area contributed by atoms with E-state index >= 15 is 0 Å². The normalized spacial score (nSPS) is 31.8. The molecule has 2 fully saturated rings. The zero-order valence-electron chi connectivity index (χ0n) is 12.2.